The highest BCUT2D eigenvalue weighted by molar-refractivity contribution is 4.87. The molecule has 0 aromatic rings. The van der Waals surface area contributed by atoms with E-state index in [2.05, 4.69) is 26.0 Å². The van der Waals surface area contributed by atoms with Crippen molar-refractivity contribution in [3.63, 3.8) is 0 Å². The Balaban J connectivity index is 2.39. The Bertz CT molecular complexity index is 135. The molecule has 1 radical (unpaired) electrons. The molecule has 0 bridgehead atoms. The second-order valence-electron chi connectivity index (χ2n) is 4.02. The highest BCUT2D eigenvalue weighted by Gasteiger charge is 2.14. The first-order valence-electron chi connectivity index (χ1n) is 5.29. The molecule has 2 unspecified atom stereocenters. The number of hydrogen-bond acceptors (Lipinski definition) is 0. The van der Waals surface area contributed by atoms with E-state index in [0.29, 0.717) is 0 Å². The third-order valence-corrected chi connectivity index (χ3v) is 3.06. The summed E-state index contributed by atoms with van der Waals surface area (Å²) >= 11 is 0. The third kappa shape index (κ3) is 3.00. The van der Waals surface area contributed by atoms with Crippen LogP contribution in [0.25, 0.3) is 0 Å². The van der Waals surface area contributed by atoms with Crippen LogP contribution in [0.5, 0.6) is 0 Å². The fourth-order valence-corrected chi connectivity index (χ4v) is 1.93. The lowest BCUT2D eigenvalue weighted by Crippen LogP contribution is -2.11. The normalized spacial score (nSPS) is 30.3. The average molecular weight is 165 g/mol. The van der Waals surface area contributed by atoms with Gasteiger partial charge in [0.1, 0.15) is 0 Å². The van der Waals surface area contributed by atoms with Crippen LogP contribution in [0.2, 0.25) is 0 Å². The predicted molar refractivity (Wildman–Crippen MR) is 54.9 cm³/mol. The summed E-state index contributed by atoms with van der Waals surface area (Å²) in [5, 5.41) is 0. The standard InChI is InChI=1S/C12H21/c1-3-11(2)12-9-7-5-4-6-8-10-12/h5,7,11-12H,1,3-4,6,8-10H2,2H3/b7-5-. The Hall–Kier alpha value is -0.260. The van der Waals surface area contributed by atoms with Crippen molar-refractivity contribution < 1.29 is 0 Å². The lowest BCUT2D eigenvalue weighted by atomic mass is 9.83. The van der Waals surface area contributed by atoms with E-state index < -0.39 is 0 Å². The van der Waals surface area contributed by atoms with Gasteiger partial charge in [-0.2, -0.15) is 0 Å². The monoisotopic (exact) mass is 165 g/mol. The summed E-state index contributed by atoms with van der Waals surface area (Å²) in [6.07, 6.45) is 12.6. The van der Waals surface area contributed by atoms with Gasteiger partial charge in [-0.1, -0.05) is 38.8 Å². The number of allylic oxidation sites excluding steroid dienone is 2. The molecular formula is C12H21. The van der Waals surface area contributed by atoms with E-state index in [0.717, 1.165) is 18.3 Å². The third-order valence-electron chi connectivity index (χ3n) is 3.06. The fraction of sp³-hybridized carbons (Fsp3) is 0.750. The zero-order valence-electron chi connectivity index (χ0n) is 8.26. The van der Waals surface area contributed by atoms with Gasteiger partial charge >= 0.3 is 0 Å². The Labute approximate surface area is 77.1 Å². The van der Waals surface area contributed by atoms with Gasteiger partial charge in [0.25, 0.3) is 0 Å². The smallest absolute Gasteiger partial charge is 0.0320 e. The minimum absolute atomic E-state index is 0.813. The molecule has 0 spiro atoms. The molecule has 69 valence electrons. The van der Waals surface area contributed by atoms with Crippen LogP contribution in [0.15, 0.2) is 12.2 Å². The Morgan fingerprint density at radius 2 is 2.25 bits per heavy atom. The van der Waals surface area contributed by atoms with Crippen molar-refractivity contribution in [3.8, 4) is 0 Å². The lowest BCUT2D eigenvalue weighted by Gasteiger charge is -2.22. The molecule has 1 aliphatic carbocycles. The van der Waals surface area contributed by atoms with Crippen LogP contribution in [0.3, 0.4) is 0 Å². The molecule has 1 aliphatic rings. The maximum Gasteiger partial charge on any atom is -0.0320 e. The first-order chi connectivity index (χ1) is 5.84. The molecule has 12 heavy (non-hydrogen) atoms. The molecule has 0 heteroatoms. The van der Waals surface area contributed by atoms with E-state index in [1.165, 1.54) is 32.1 Å². The van der Waals surface area contributed by atoms with Gasteiger partial charge in [0.15, 0.2) is 0 Å². The van der Waals surface area contributed by atoms with Gasteiger partial charge in [0.05, 0.1) is 0 Å². The Morgan fingerprint density at radius 3 is 3.00 bits per heavy atom. The van der Waals surface area contributed by atoms with Crippen LogP contribution in [0.4, 0.5) is 0 Å². The molecule has 0 heterocycles. The van der Waals surface area contributed by atoms with Crippen molar-refractivity contribution in [3.05, 3.63) is 19.1 Å². The highest BCUT2D eigenvalue weighted by Crippen LogP contribution is 2.26. The zero-order valence-corrected chi connectivity index (χ0v) is 8.26. The molecule has 1 rings (SSSR count). The van der Waals surface area contributed by atoms with Gasteiger partial charge in [0, 0.05) is 0 Å². The van der Waals surface area contributed by atoms with E-state index in [9.17, 15) is 0 Å². The fourth-order valence-electron chi connectivity index (χ4n) is 1.93. The van der Waals surface area contributed by atoms with Crippen LogP contribution in [-0.2, 0) is 0 Å². The molecule has 0 N–H and O–H groups in total. The first-order valence-corrected chi connectivity index (χ1v) is 5.29. The van der Waals surface area contributed by atoms with E-state index >= 15 is 0 Å². The topological polar surface area (TPSA) is 0 Å². The Morgan fingerprint density at radius 1 is 1.42 bits per heavy atom. The molecule has 0 fully saturated rings. The molecule has 0 aromatic carbocycles. The van der Waals surface area contributed by atoms with Crippen LogP contribution in [0.1, 0.15) is 45.4 Å². The molecule has 0 aliphatic heterocycles. The summed E-state index contributed by atoms with van der Waals surface area (Å²) in [5.74, 6) is 1.71. The molecule has 0 saturated heterocycles. The van der Waals surface area contributed by atoms with Crippen LogP contribution in [0, 0.1) is 18.8 Å². The molecule has 2 atom stereocenters. The minimum atomic E-state index is 0.813. The van der Waals surface area contributed by atoms with Crippen molar-refractivity contribution in [2.24, 2.45) is 11.8 Å². The largest absolute Gasteiger partial charge is 0.0885 e. The van der Waals surface area contributed by atoms with Crippen molar-refractivity contribution in [1.29, 1.82) is 0 Å². The summed E-state index contributed by atoms with van der Waals surface area (Å²) in [7, 11) is 0. The van der Waals surface area contributed by atoms with Crippen LogP contribution < -0.4 is 0 Å². The summed E-state index contributed by atoms with van der Waals surface area (Å²) in [6.45, 7) is 6.33. The zero-order chi connectivity index (χ0) is 8.81. The number of rotatable bonds is 2. The van der Waals surface area contributed by atoms with E-state index in [1.54, 1.807) is 0 Å². The quantitative estimate of drug-likeness (QED) is 0.543. The minimum Gasteiger partial charge on any atom is -0.0885 e. The van der Waals surface area contributed by atoms with E-state index in [1.807, 2.05) is 0 Å². The van der Waals surface area contributed by atoms with Crippen LogP contribution in [-0.4, -0.2) is 0 Å². The van der Waals surface area contributed by atoms with Gasteiger partial charge in [-0.3, -0.25) is 0 Å². The van der Waals surface area contributed by atoms with Gasteiger partial charge in [0.2, 0.25) is 0 Å². The first kappa shape index (κ1) is 9.83. The van der Waals surface area contributed by atoms with Crippen LogP contribution >= 0.6 is 0 Å². The van der Waals surface area contributed by atoms with Gasteiger partial charge in [-0.25, -0.2) is 0 Å². The average Bonchev–Trinajstić information content (AvgIpc) is 2.02. The molecule has 0 aromatic heterocycles. The van der Waals surface area contributed by atoms with Gasteiger partial charge in [-0.15, -0.1) is 0 Å². The van der Waals surface area contributed by atoms with E-state index in [-0.39, 0.29) is 0 Å². The number of hydrogen-bond donors (Lipinski definition) is 0. The predicted octanol–water partition coefficient (Wildman–Crippen LogP) is 3.98. The lowest BCUT2D eigenvalue weighted by molar-refractivity contribution is 0.326. The SMILES string of the molecule is [CH2]CC(C)C1C/C=C\CCCC1. The molecule has 0 nitrogen and oxygen atoms in total. The van der Waals surface area contributed by atoms with Gasteiger partial charge < -0.3 is 0 Å². The molecule has 0 saturated carbocycles. The second kappa shape index (κ2) is 5.40. The molecular weight excluding hydrogens is 144 g/mol. The maximum absolute atomic E-state index is 3.99. The summed E-state index contributed by atoms with van der Waals surface area (Å²) in [4.78, 5) is 0. The van der Waals surface area contributed by atoms with Gasteiger partial charge in [-0.05, 0) is 37.5 Å². The van der Waals surface area contributed by atoms with Crippen molar-refractivity contribution >= 4 is 0 Å². The summed E-state index contributed by atoms with van der Waals surface area (Å²) in [5.41, 5.74) is 0. The molecule has 0 amide bonds. The van der Waals surface area contributed by atoms with E-state index in [4.69, 9.17) is 0 Å². The summed E-state index contributed by atoms with van der Waals surface area (Å²) < 4.78 is 0. The Kier molecular flexibility index (Phi) is 4.42. The highest BCUT2D eigenvalue weighted by atomic mass is 14.2. The van der Waals surface area contributed by atoms with Crippen molar-refractivity contribution in [1.82, 2.24) is 0 Å². The second-order valence-corrected chi connectivity index (χ2v) is 4.02. The summed E-state index contributed by atoms with van der Waals surface area (Å²) in [6, 6.07) is 0. The van der Waals surface area contributed by atoms with Crippen molar-refractivity contribution in [2.75, 3.05) is 0 Å². The maximum atomic E-state index is 3.99. The van der Waals surface area contributed by atoms with Crippen molar-refractivity contribution in [2.45, 2.75) is 45.4 Å².